The maximum absolute atomic E-state index is 13.7. The van der Waals surface area contributed by atoms with Crippen molar-refractivity contribution in [1.82, 2.24) is 10.6 Å². The molecule has 6 aromatic carbocycles. The number of anilines is 4. The standard InChI is InChI=1S/C57H58N6O8/c1-5-7-9-11-31-58-55(68)60-39-15-13-17-41(33-39)62-51(64)47-29-27-45(35-49(47)53(62)66)70-43-23-19-37(20-24-43)57(3,4)38-21-25-44(26-22-38)71-46-28-30-48-50(36-46)54(67)63(52(48)65)42-18-14-16-40(34-42)61-56(69)59-32-12-10-8-6-2/h13-30,33-36H,5-12,31-32H2,1-4H3,(H2,58,60,68)(H2,59,61,69). The maximum atomic E-state index is 13.7. The van der Waals surface area contributed by atoms with Crippen molar-refractivity contribution >= 4 is 58.4 Å². The van der Waals surface area contributed by atoms with Gasteiger partial charge in [-0.05, 0) is 121 Å². The normalized spacial score (nSPS) is 13.0. The molecular formula is C57H58N6O8. The fraction of sp³-hybridized carbons (Fsp3) is 0.263. The zero-order valence-electron chi connectivity index (χ0n) is 40.4. The molecule has 0 unspecified atom stereocenters. The Kier molecular flexibility index (Phi) is 15.2. The number of benzene rings is 6. The SMILES string of the molecule is CCCCCCNC(=O)Nc1cccc(N2C(=O)c3ccc(Oc4ccc(C(C)(C)c5ccc(Oc6ccc7c(c6)C(=O)N(c6cccc(NC(=O)NCCCCCC)c6)C7=O)cc5)cc4)cc3C2=O)c1. The maximum Gasteiger partial charge on any atom is 0.319 e. The summed E-state index contributed by atoms with van der Waals surface area (Å²) in [6, 6.07) is 37.5. The van der Waals surface area contributed by atoms with Crippen LogP contribution in [0.3, 0.4) is 0 Å². The van der Waals surface area contributed by atoms with Gasteiger partial charge in [0.1, 0.15) is 23.0 Å². The molecule has 2 aliphatic heterocycles. The Morgan fingerprint density at radius 2 is 0.831 bits per heavy atom. The summed E-state index contributed by atoms with van der Waals surface area (Å²) in [7, 11) is 0. The summed E-state index contributed by atoms with van der Waals surface area (Å²) in [6.45, 7) is 9.59. The molecule has 4 N–H and O–H groups in total. The highest BCUT2D eigenvalue weighted by atomic mass is 16.5. The predicted molar refractivity (Wildman–Crippen MR) is 276 cm³/mol. The molecule has 0 atom stereocenters. The molecule has 0 spiro atoms. The number of urea groups is 2. The van der Waals surface area contributed by atoms with Gasteiger partial charge in [0.25, 0.3) is 23.6 Å². The molecule has 364 valence electrons. The zero-order chi connectivity index (χ0) is 50.1. The van der Waals surface area contributed by atoms with Gasteiger partial charge in [0, 0.05) is 29.9 Å². The number of fused-ring (bicyclic) bond motifs is 2. The van der Waals surface area contributed by atoms with Crippen LogP contribution in [0.2, 0.25) is 0 Å². The largest absolute Gasteiger partial charge is 0.457 e. The number of hydrogen-bond donors (Lipinski definition) is 4. The van der Waals surface area contributed by atoms with Crippen molar-refractivity contribution in [2.24, 2.45) is 0 Å². The quantitative estimate of drug-likeness (QED) is 0.0432. The Morgan fingerprint density at radius 1 is 0.451 bits per heavy atom. The van der Waals surface area contributed by atoms with Crippen molar-refractivity contribution in [3.05, 3.63) is 167 Å². The van der Waals surface area contributed by atoms with E-state index >= 15 is 0 Å². The molecule has 0 saturated heterocycles. The molecular weight excluding hydrogens is 897 g/mol. The van der Waals surface area contributed by atoms with Crippen LogP contribution in [0, 0.1) is 0 Å². The van der Waals surface area contributed by atoms with Crippen LogP contribution in [0.5, 0.6) is 23.0 Å². The van der Waals surface area contributed by atoms with Gasteiger partial charge in [0.2, 0.25) is 0 Å². The number of nitrogens with zero attached hydrogens (tertiary/aromatic N) is 2. The van der Waals surface area contributed by atoms with E-state index in [-0.39, 0.29) is 34.3 Å². The van der Waals surface area contributed by atoms with Gasteiger partial charge in [0.05, 0.1) is 33.6 Å². The number of imide groups is 2. The van der Waals surface area contributed by atoms with Gasteiger partial charge in [-0.2, -0.15) is 0 Å². The molecule has 0 aromatic heterocycles. The average Bonchev–Trinajstić information content (AvgIpc) is 3.76. The van der Waals surface area contributed by atoms with Crippen LogP contribution in [-0.2, 0) is 5.41 Å². The van der Waals surface area contributed by atoms with Crippen LogP contribution in [0.4, 0.5) is 32.3 Å². The fourth-order valence-corrected chi connectivity index (χ4v) is 8.66. The topological polar surface area (TPSA) is 175 Å². The number of amides is 8. The molecule has 71 heavy (non-hydrogen) atoms. The lowest BCUT2D eigenvalue weighted by atomic mass is 9.78. The average molecular weight is 955 g/mol. The van der Waals surface area contributed by atoms with Gasteiger partial charge in [-0.1, -0.05) is 103 Å². The third kappa shape index (κ3) is 11.3. The van der Waals surface area contributed by atoms with Gasteiger partial charge < -0.3 is 30.7 Å². The number of carbonyl (C=O) groups excluding carboxylic acids is 6. The number of ether oxygens (including phenoxy) is 2. The highest BCUT2D eigenvalue weighted by Gasteiger charge is 2.38. The van der Waals surface area contributed by atoms with Crippen molar-refractivity contribution in [2.75, 3.05) is 33.5 Å². The highest BCUT2D eigenvalue weighted by Crippen LogP contribution is 2.38. The minimum atomic E-state index is -0.490. The summed E-state index contributed by atoms with van der Waals surface area (Å²) < 4.78 is 12.4. The summed E-state index contributed by atoms with van der Waals surface area (Å²) in [5, 5.41) is 11.3. The van der Waals surface area contributed by atoms with E-state index in [2.05, 4.69) is 49.0 Å². The number of rotatable bonds is 20. The number of hydrogen-bond acceptors (Lipinski definition) is 8. The first-order chi connectivity index (χ1) is 34.3. The van der Waals surface area contributed by atoms with Gasteiger partial charge >= 0.3 is 12.1 Å². The first-order valence-electron chi connectivity index (χ1n) is 24.3. The third-order valence-corrected chi connectivity index (χ3v) is 12.7. The van der Waals surface area contributed by atoms with E-state index < -0.39 is 29.0 Å². The molecule has 2 aliphatic rings. The number of nitrogens with one attached hydrogen (secondary N) is 4. The second-order valence-corrected chi connectivity index (χ2v) is 18.2. The number of unbranched alkanes of at least 4 members (excludes halogenated alkanes) is 6. The first kappa shape index (κ1) is 49.2. The molecule has 0 fully saturated rings. The van der Waals surface area contributed by atoms with Crippen LogP contribution in [0.25, 0.3) is 0 Å². The Balaban J connectivity index is 0.863. The van der Waals surface area contributed by atoms with Gasteiger partial charge in [-0.25, -0.2) is 19.4 Å². The Hall–Kier alpha value is -8.26. The lowest BCUT2D eigenvalue weighted by molar-refractivity contribution is 0.0910. The summed E-state index contributed by atoms with van der Waals surface area (Å²) in [6.07, 6.45) is 8.30. The van der Waals surface area contributed by atoms with E-state index in [1.165, 1.54) is 0 Å². The second kappa shape index (κ2) is 22.0. The summed E-state index contributed by atoms with van der Waals surface area (Å²) in [5.74, 6) is -0.0366. The Labute approximate surface area is 413 Å². The van der Waals surface area contributed by atoms with E-state index in [0.717, 1.165) is 72.3 Å². The van der Waals surface area contributed by atoms with E-state index in [1.54, 1.807) is 84.9 Å². The van der Waals surface area contributed by atoms with Crippen LogP contribution in [-0.4, -0.2) is 48.8 Å². The van der Waals surface area contributed by atoms with E-state index in [1.807, 2.05) is 48.5 Å². The highest BCUT2D eigenvalue weighted by molar-refractivity contribution is 6.35. The second-order valence-electron chi connectivity index (χ2n) is 18.2. The molecule has 0 bridgehead atoms. The van der Waals surface area contributed by atoms with E-state index in [0.29, 0.717) is 58.8 Å². The third-order valence-electron chi connectivity index (χ3n) is 12.7. The minimum absolute atomic E-state index is 0.217. The van der Waals surface area contributed by atoms with Crippen molar-refractivity contribution in [2.45, 2.75) is 84.5 Å². The Bertz CT molecular complexity index is 2770. The van der Waals surface area contributed by atoms with Crippen molar-refractivity contribution in [3.8, 4) is 23.0 Å². The minimum Gasteiger partial charge on any atom is -0.457 e. The molecule has 14 nitrogen and oxygen atoms in total. The fourth-order valence-electron chi connectivity index (χ4n) is 8.66. The monoisotopic (exact) mass is 954 g/mol. The predicted octanol–water partition coefficient (Wildman–Crippen LogP) is 12.6. The molecule has 8 amide bonds. The van der Waals surface area contributed by atoms with Crippen molar-refractivity contribution in [1.29, 1.82) is 0 Å². The van der Waals surface area contributed by atoms with Crippen LogP contribution < -0.4 is 40.5 Å². The smallest absolute Gasteiger partial charge is 0.319 e. The summed E-state index contributed by atoms with van der Waals surface area (Å²) >= 11 is 0. The molecule has 6 aromatic rings. The van der Waals surface area contributed by atoms with Crippen LogP contribution in [0.1, 0.15) is 132 Å². The molecule has 8 rings (SSSR count). The Morgan fingerprint density at radius 3 is 1.23 bits per heavy atom. The van der Waals surface area contributed by atoms with Gasteiger partial charge in [-0.3, -0.25) is 19.2 Å². The molecule has 14 heteroatoms. The van der Waals surface area contributed by atoms with Crippen LogP contribution in [0.15, 0.2) is 133 Å². The first-order valence-corrected chi connectivity index (χ1v) is 24.3. The van der Waals surface area contributed by atoms with Gasteiger partial charge in [-0.15, -0.1) is 0 Å². The van der Waals surface area contributed by atoms with E-state index in [9.17, 15) is 28.8 Å². The van der Waals surface area contributed by atoms with Crippen molar-refractivity contribution in [3.63, 3.8) is 0 Å². The van der Waals surface area contributed by atoms with Crippen molar-refractivity contribution < 1.29 is 38.2 Å². The molecule has 0 radical (unpaired) electrons. The molecule has 0 aliphatic carbocycles. The summed E-state index contributed by atoms with van der Waals surface area (Å²) in [4.78, 5) is 81.5. The summed E-state index contributed by atoms with van der Waals surface area (Å²) in [5.41, 5.74) is 4.14. The molecule has 0 saturated carbocycles. The number of carbonyl (C=O) groups is 6. The lowest BCUT2D eigenvalue weighted by Crippen LogP contribution is -2.31. The van der Waals surface area contributed by atoms with E-state index in [4.69, 9.17) is 9.47 Å². The van der Waals surface area contributed by atoms with Gasteiger partial charge in [0.15, 0.2) is 0 Å². The molecule has 2 heterocycles. The van der Waals surface area contributed by atoms with Crippen LogP contribution >= 0.6 is 0 Å². The zero-order valence-corrected chi connectivity index (χ0v) is 40.4. The lowest BCUT2D eigenvalue weighted by Gasteiger charge is -2.26.